The van der Waals surface area contributed by atoms with Gasteiger partial charge in [0.2, 0.25) is 0 Å². The van der Waals surface area contributed by atoms with Crippen LogP contribution in [0, 0.1) is 0 Å². The first-order valence-corrected chi connectivity index (χ1v) is 4.62. The molecule has 10 heavy (non-hydrogen) atoms. The van der Waals surface area contributed by atoms with Crippen molar-refractivity contribution in [3.8, 4) is 0 Å². The third-order valence-electron chi connectivity index (χ3n) is 1.64. The van der Waals surface area contributed by atoms with Crippen molar-refractivity contribution in [2.75, 3.05) is 5.94 Å². The minimum Gasteiger partial charge on any atom is -0.479 e. The van der Waals surface area contributed by atoms with Crippen LogP contribution in [-0.4, -0.2) is 10.1 Å². The average Bonchev–Trinajstić information content (AvgIpc) is 2.34. The zero-order chi connectivity index (χ0) is 6.97. The molecule has 54 valence electrons. The van der Waals surface area contributed by atoms with Crippen molar-refractivity contribution in [2.24, 2.45) is 0 Å². The Labute approximate surface area is 62.0 Å². The Morgan fingerprint density at radius 3 is 3.00 bits per heavy atom. The second-order valence-corrected chi connectivity index (χ2v) is 3.69. The minimum absolute atomic E-state index is 0.359. The van der Waals surface area contributed by atoms with Crippen molar-refractivity contribution in [1.82, 2.24) is 0 Å². The van der Waals surface area contributed by atoms with Crippen molar-refractivity contribution in [2.45, 2.75) is 12.8 Å². The highest BCUT2D eigenvalue weighted by Gasteiger charge is 2.23. The van der Waals surface area contributed by atoms with E-state index in [1.54, 1.807) is 0 Å². The summed E-state index contributed by atoms with van der Waals surface area (Å²) in [5.74, 6) is 1.21. The molecule has 1 heterocycles. The Hall–Kier alpha value is -0.570. The van der Waals surface area contributed by atoms with Gasteiger partial charge in [-0.1, -0.05) is 6.08 Å². The summed E-state index contributed by atoms with van der Waals surface area (Å²) < 4.78 is 16.2. The van der Waals surface area contributed by atoms with Crippen LogP contribution in [0.1, 0.15) is 12.8 Å². The number of fused-ring (bicyclic) bond motifs is 1. The first-order valence-electron chi connectivity index (χ1n) is 3.30. The molecular weight excluding hydrogens is 148 g/mol. The van der Waals surface area contributed by atoms with E-state index in [-0.39, 0.29) is 0 Å². The molecule has 0 N–H and O–H groups in total. The van der Waals surface area contributed by atoms with Crippen LogP contribution in [0.25, 0.3) is 0 Å². The van der Waals surface area contributed by atoms with E-state index in [0.717, 1.165) is 23.5 Å². The molecular formula is C7H8O2S. The van der Waals surface area contributed by atoms with Gasteiger partial charge in [0.1, 0.15) is 5.76 Å². The second-order valence-electron chi connectivity index (χ2n) is 2.32. The Morgan fingerprint density at radius 2 is 2.20 bits per heavy atom. The predicted octanol–water partition coefficient (Wildman–Crippen LogP) is 1.28. The molecule has 3 heteroatoms. The molecule has 0 spiro atoms. The molecule has 1 aliphatic carbocycles. The SMILES string of the molecule is O=S1COC2=CCCC=C21. The molecule has 0 amide bonds. The van der Waals surface area contributed by atoms with Gasteiger partial charge in [0.15, 0.2) is 5.94 Å². The van der Waals surface area contributed by atoms with E-state index in [4.69, 9.17) is 4.74 Å². The highest BCUT2D eigenvalue weighted by Crippen LogP contribution is 2.28. The van der Waals surface area contributed by atoms with Gasteiger partial charge in [-0.25, -0.2) is 0 Å². The summed E-state index contributed by atoms with van der Waals surface area (Å²) in [4.78, 5) is 0.909. The molecule has 1 aliphatic heterocycles. The fourth-order valence-electron chi connectivity index (χ4n) is 1.15. The second kappa shape index (κ2) is 2.23. The maximum Gasteiger partial charge on any atom is 0.167 e. The number of hydrogen-bond acceptors (Lipinski definition) is 2. The lowest BCUT2D eigenvalue weighted by Crippen LogP contribution is -1.91. The van der Waals surface area contributed by atoms with Gasteiger partial charge in [0, 0.05) is 0 Å². The molecule has 1 unspecified atom stereocenters. The summed E-state index contributed by atoms with van der Waals surface area (Å²) in [7, 11) is -0.869. The summed E-state index contributed by atoms with van der Waals surface area (Å²) in [5.41, 5.74) is 0. The number of rotatable bonds is 0. The van der Waals surface area contributed by atoms with Crippen LogP contribution in [0.5, 0.6) is 0 Å². The van der Waals surface area contributed by atoms with Gasteiger partial charge in [-0.05, 0) is 18.9 Å². The Morgan fingerprint density at radius 1 is 1.40 bits per heavy atom. The third-order valence-corrected chi connectivity index (χ3v) is 2.83. The zero-order valence-electron chi connectivity index (χ0n) is 5.50. The Kier molecular flexibility index (Phi) is 1.38. The molecule has 2 rings (SSSR count). The van der Waals surface area contributed by atoms with Crippen LogP contribution in [-0.2, 0) is 15.5 Å². The van der Waals surface area contributed by atoms with Gasteiger partial charge < -0.3 is 4.74 Å². The van der Waals surface area contributed by atoms with E-state index in [0.29, 0.717) is 5.94 Å². The summed E-state index contributed by atoms with van der Waals surface area (Å²) in [6.45, 7) is 0. The van der Waals surface area contributed by atoms with Gasteiger partial charge in [0.25, 0.3) is 0 Å². The van der Waals surface area contributed by atoms with Gasteiger partial charge >= 0.3 is 0 Å². The summed E-state index contributed by atoms with van der Waals surface area (Å²) >= 11 is 0. The molecule has 0 radical (unpaired) electrons. The summed E-state index contributed by atoms with van der Waals surface area (Å²) in [5, 5.41) is 0. The van der Waals surface area contributed by atoms with Gasteiger partial charge in [0.05, 0.1) is 15.7 Å². The van der Waals surface area contributed by atoms with E-state index in [2.05, 4.69) is 0 Å². The third kappa shape index (κ3) is 0.814. The quantitative estimate of drug-likeness (QED) is 0.528. The highest BCUT2D eigenvalue weighted by atomic mass is 32.2. The molecule has 2 aliphatic rings. The molecule has 1 saturated heterocycles. The van der Waals surface area contributed by atoms with Crippen molar-refractivity contribution in [1.29, 1.82) is 0 Å². The monoisotopic (exact) mass is 156 g/mol. The van der Waals surface area contributed by atoms with Gasteiger partial charge in [-0.3, -0.25) is 4.21 Å². The number of hydrogen-bond donors (Lipinski definition) is 0. The average molecular weight is 156 g/mol. The molecule has 0 bridgehead atoms. The fourth-order valence-corrected chi connectivity index (χ4v) is 2.18. The molecule has 1 fully saturated rings. The normalized spacial score (nSPS) is 30.2. The van der Waals surface area contributed by atoms with Crippen LogP contribution in [0.2, 0.25) is 0 Å². The molecule has 0 aromatic rings. The van der Waals surface area contributed by atoms with Crippen LogP contribution in [0.15, 0.2) is 22.8 Å². The van der Waals surface area contributed by atoms with Crippen LogP contribution in [0.4, 0.5) is 0 Å². The Balaban J connectivity index is 2.39. The highest BCUT2D eigenvalue weighted by molar-refractivity contribution is 7.89. The number of allylic oxidation sites excluding steroid dienone is 2. The van der Waals surface area contributed by atoms with E-state index in [9.17, 15) is 4.21 Å². The predicted molar refractivity (Wildman–Crippen MR) is 39.5 cm³/mol. The molecule has 0 aromatic carbocycles. The molecule has 0 aromatic heterocycles. The van der Waals surface area contributed by atoms with E-state index < -0.39 is 10.8 Å². The van der Waals surface area contributed by atoms with Crippen molar-refractivity contribution in [3.05, 3.63) is 22.8 Å². The summed E-state index contributed by atoms with van der Waals surface area (Å²) in [6.07, 6.45) is 6.06. The van der Waals surface area contributed by atoms with Gasteiger partial charge in [-0.2, -0.15) is 0 Å². The first kappa shape index (κ1) is 6.16. The lowest BCUT2D eigenvalue weighted by atomic mass is 10.2. The lowest BCUT2D eigenvalue weighted by molar-refractivity contribution is 0.292. The van der Waals surface area contributed by atoms with E-state index in [1.807, 2.05) is 12.2 Å². The largest absolute Gasteiger partial charge is 0.479 e. The van der Waals surface area contributed by atoms with Crippen molar-refractivity contribution >= 4 is 10.8 Å². The van der Waals surface area contributed by atoms with Crippen LogP contribution >= 0.6 is 0 Å². The van der Waals surface area contributed by atoms with E-state index >= 15 is 0 Å². The topological polar surface area (TPSA) is 26.3 Å². The standard InChI is InChI=1S/C7H8O2S/c8-10-5-9-6-3-1-2-4-7(6)10/h3-4H,1-2,5H2. The Bertz CT molecular complexity index is 240. The zero-order valence-corrected chi connectivity index (χ0v) is 6.32. The fraction of sp³-hybridized carbons (Fsp3) is 0.429. The van der Waals surface area contributed by atoms with Crippen molar-refractivity contribution in [3.63, 3.8) is 0 Å². The molecule has 0 saturated carbocycles. The van der Waals surface area contributed by atoms with Gasteiger partial charge in [-0.15, -0.1) is 0 Å². The van der Waals surface area contributed by atoms with Crippen LogP contribution in [0.3, 0.4) is 0 Å². The smallest absolute Gasteiger partial charge is 0.167 e. The van der Waals surface area contributed by atoms with Crippen LogP contribution < -0.4 is 0 Å². The maximum absolute atomic E-state index is 11.1. The minimum atomic E-state index is -0.869. The van der Waals surface area contributed by atoms with E-state index in [1.165, 1.54) is 0 Å². The first-order chi connectivity index (χ1) is 4.88. The number of ether oxygens (including phenoxy) is 1. The maximum atomic E-state index is 11.1. The molecule has 1 atom stereocenters. The lowest BCUT2D eigenvalue weighted by Gasteiger charge is -2.02. The summed E-state index contributed by atoms with van der Waals surface area (Å²) in [6, 6.07) is 0. The van der Waals surface area contributed by atoms with Crippen molar-refractivity contribution < 1.29 is 8.95 Å². The molecule has 2 nitrogen and oxygen atoms in total.